The van der Waals surface area contributed by atoms with Gasteiger partial charge >= 0.3 is 5.97 Å². The zero-order chi connectivity index (χ0) is 13.1. The summed E-state index contributed by atoms with van der Waals surface area (Å²) in [5.74, 6) is -0.196. The molecule has 1 aliphatic rings. The number of nitrogens with zero attached hydrogens (tertiary/aromatic N) is 2. The molecule has 0 amide bonds. The Balaban J connectivity index is 2.18. The number of aliphatic hydroxyl groups excluding tert-OH is 1. The molecule has 1 fully saturated rings. The van der Waals surface area contributed by atoms with Gasteiger partial charge in [-0.2, -0.15) is 0 Å². The Hall–Kier alpha value is -1.82. The van der Waals surface area contributed by atoms with Crippen LogP contribution in [0.5, 0.6) is 0 Å². The van der Waals surface area contributed by atoms with E-state index in [2.05, 4.69) is 4.98 Å². The summed E-state index contributed by atoms with van der Waals surface area (Å²) in [4.78, 5) is 17.0. The van der Waals surface area contributed by atoms with E-state index < -0.39 is 5.97 Å². The van der Waals surface area contributed by atoms with Gasteiger partial charge in [-0.05, 0) is 30.9 Å². The number of aliphatic hydroxyl groups is 1. The molecule has 0 unspecified atom stereocenters. The summed E-state index contributed by atoms with van der Waals surface area (Å²) in [5, 5.41) is 18.0. The van der Waals surface area contributed by atoms with Crippen molar-refractivity contribution in [1.82, 2.24) is 4.98 Å². The Morgan fingerprint density at radius 3 is 2.67 bits per heavy atom. The SMILES string of the molecule is Nc1ccc(C(=O)O)nc1N1CCC(CO)CC1. The lowest BCUT2D eigenvalue weighted by Gasteiger charge is -2.32. The van der Waals surface area contributed by atoms with Crippen LogP contribution in [0.3, 0.4) is 0 Å². The largest absolute Gasteiger partial charge is 0.477 e. The molecule has 6 nitrogen and oxygen atoms in total. The Morgan fingerprint density at radius 1 is 1.44 bits per heavy atom. The monoisotopic (exact) mass is 251 g/mol. The van der Waals surface area contributed by atoms with Gasteiger partial charge in [-0.1, -0.05) is 0 Å². The van der Waals surface area contributed by atoms with E-state index in [0.29, 0.717) is 17.4 Å². The van der Waals surface area contributed by atoms with Crippen molar-refractivity contribution in [1.29, 1.82) is 0 Å². The number of aromatic carboxylic acids is 1. The van der Waals surface area contributed by atoms with Crippen LogP contribution in [0.15, 0.2) is 12.1 Å². The molecule has 0 aliphatic carbocycles. The van der Waals surface area contributed by atoms with E-state index in [1.54, 1.807) is 6.07 Å². The highest BCUT2D eigenvalue weighted by Gasteiger charge is 2.21. The van der Waals surface area contributed by atoms with E-state index in [1.807, 2.05) is 4.90 Å². The number of rotatable bonds is 3. The Labute approximate surface area is 105 Å². The first-order valence-electron chi connectivity index (χ1n) is 5.97. The third-order valence-electron chi connectivity index (χ3n) is 3.30. The van der Waals surface area contributed by atoms with E-state index in [1.165, 1.54) is 6.07 Å². The Bertz CT molecular complexity index is 442. The molecular formula is C12H17N3O3. The van der Waals surface area contributed by atoms with Gasteiger partial charge in [-0.25, -0.2) is 9.78 Å². The van der Waals surface area contributed by atoms with Crippen LogP contribution in [-0.2, 0) is 0 Å². The molecular weight excluding hydrogens is 234 g/mol. The van der Waals surface area contributed by atoms with Crippen molar-refractivity contribution in [3.05, 3.63) is 17.8 Å². The molecule has 2 heterocycles. The summed E-state index contributed by atoms with van der Waals surface area (Å²) in [6.45, 7) is 1.68. The lowest BCUT2D eigenvalue weighted by atomic mass is 9.98. The molecule has 0 bridgehead atoms. The number of anilines is 2. The molecule has 1 aromatic rings. The summed E-state index contributed by atoms with van der Waals surface area (Å²) < 4.78 is 0. The van der Waals surface area contributed by atoms with Crippen molar-refractivity contribution in [2.24, 2.45) is 5.92 Å². The van der Waals surface area contributed by atoms with E-state index in [0.717, 1.165) is 25.9 Å². The molecule has 6 heteroatoms. The Kier molecular flexibility index (Phi) is 3.66. The second kappa shape index (κ2) is 5.22. The molecule has 98 valence electrons. The molecule has 0 radical (unpaired) electrons. The number of nitrogens with two attached hydrogens (primary N) is 1. The maximum absolute atomic E-state index is 10.9. The van der Waals surface area contributed by atoms with E-state index in [9.17, 15) is 4.79 Å². The third kappa shape index (κ3) is 2.53. The molecule has 4 N–H and O–H groups in total. The van der Waals surface area contributed by atoms with Gasteiger partial charge in [0.05, 0.1) is 5.69 Å². The number of carbonyl (C=O) groups is 1. The summed E-state index contributed by atoms with van der Waals surface area (Å²) in [5.41, 5.74) is 6.33. The molecule has 0 saturated carbocycles. The van der Waals surface area contributed by atoms with Gasteiger partial charge in [0.25, 0.3) is 0 Å². The number of carboxylic acid groups (broad SMARTS) is 1. The predicted molar refractivity (Wildman–Crippen MR) is 67.6 cm³/mol. The average Bonchev–Trinajstić information content (AvgIpc) is 2.39. The first-order chi connectivity index (χ1) is 8.61. The second-order valence-corrected chi connectivity index (χ2v) is 4.53. The molecule has 0 spiro atoms. The highest BCUT2D eigenvalue weighted by Crippen LogP contribution is 2.26. The number of pyridine rings is 1. The van der Waals surface area contributed by atoms with Crippen LogP contribution in [0.2, 0.25) is 0 Å². The topological polar surface area (TPSA) is 99.7 Å². The molecule has 1 saturated heterocycles. The fourth-order valence-corrected chi connectivity index (χ4v) is 2.16. The van der Waals surface area contributed by atoms with Crippen LogP contribution in [0.1, 0.15) is 23.3 Å². The van der Waals surface area contributed by atoms with Gasteiger partial charge in [0.15, 0.2) is 11.5 Å². The molecule has 0 atom stereocenters. The van der Waals surface area contributed by atoms with Crippen LogP contribution in [0, 0.1) is 5.92 Å². The standard InChI is InChI=1S/C12H17N3O3/c13-9-1-2-10(12(17)18)14-11(9)15-5-3-8(7-16)4-6-15/h1-2,8,16H,3-7,13H2,(H,17,18). The van der Waals surface area contributed by atoms with Crippen LogP contribution in [0.25, 0.3) is 0 Å². The van der Waals surface area contributed by atoms with E-state index in [4.69, 9.17) is 15.9 Å². The number of piperidine rings is 1. The van der Waals surface area contributed by atoms with E-state index in [-0.39, 0.29) is 12.3 Å². The fraction of sp³-hybridized carbons (Fsp3) is 0.500. The first-order valence-corrected chi connectivity index (χ1v) is 5.97. The smallest absolute Gasteiger partial charge is 0.354 e. The van der Waals surface area contributed by atoms with Crippen molar-refractivity contribution in [3.63, 3.8) is 0 Å². The quantitative estimate of drug-likeness (QED) is 0.726. The summed E-state index contributed by atoms with van der Waals surface area (Å²) in [6.07, 6.45) is 1.74. The van der Waals surface area contributed by atoms with Crippen LogP contribution >= 0.6 is 0 Å². The van der Waals surface area contributed by atoms with Crippen LogP contribution in [0.4, 0.5) is 11.5 Å². The minimum absolute atomic E-state index is 0.00322. The Morgan fingerprint density at radius 2 is 2.11 bits per heavy atom. The van der Waals surface area contributed by atoms with Gasteiger partial charge in [0.2, 0.25) is 0 Å². The minimum Gasteiger partial charge on any atom is -0.477 e. The summed E-state index contributed by atoms with van der Waals surface area (Å²) >= 11 is 0. The van der Waals surface area contributed by atoms with E-state index >= 15 is 0 Å². The van der Waals surface area contributed by atoms with Crippen LogP contribution < -0.4 is 10.6 Å². The number of hydrogen-bond donors (Lipinski definition) is 3. The average molecular weight is 251 g/mol. The maximum Gasteiger partial charge on any atom is 0.354 e. The third-order valence-corrected chi connectivity index (χ3v) is 3.30. The number of aromatic nitrogens is 1. The number of nitrogen functional groups attached to an aromatic ring is 1. The highest BCUT2D eigenvalue weighted by atomic mass is 16.4. The zero-order valence-corrected chi connectivity index (χ0v) is 10.0. The maximum atomic E-state index is 10.9. The second-order valence-electron chi connectivity index (χ2n) is 4.53. The molecule has 1 aliphatic heterocycles. The number of hydrogen-bond acceptors (Lipinski definition) is 5. The molecule has 1 aromatic heterocycles. The summed E-state index contributed by atoms with van der Waals surface area (Å²) in [7, 11) is 0. The van der Waals surface area contributed by atoms with Crippen molar-refractivity contribution in [2.75, 3.05) is 30.3 Å². The predicted octanol–water partition coefficient (Wildman–Crippen LogP) is 0.571. The lowest BCUT2D eigenvalue weighted by Crippen LogP contribution is -2.36. The molecule has 18 heavy (non-hydrogen) atoms. The van der Waals surface area contributed by atoms with Gasteiger partial charge in [0.1, 0.15) is 0 Å². The normalized spacial score (nSPS) is 16.8. The summed E-state index contributed by atoms with van der Waals surface area (Å²) in [6, 6.07) is 2.98. The van der Waals surface area contributed by atoms with Gasteiger partial charge in [0, 0.05) is 19.7 Å². The lowest BCUT2D eigenvalue weighted by molar-refractivity contribution is 0.0690. The van der Waals surface area contributed by atoms with Gasteiger partial charge < -0.3 is 20.8 Å². The highest BCUT2D eigenvalue weighted by molar-refractivity contribution is 5.87. The van der Waals surface area contributed by atoms with Crippen molar-refractivity contribution in [2.45, 2.75) is 12.8 Å². The zero-order valence-electron chi connectivity index (χ0n) is 10.0. The van der Waals surface area contributed by atoms with Crippen LogP contribution in [-0.4, -0.2) is 40.9 Å². The molecule has 2 rings (SSSR count). The molecule has 0 aromatic carbocycles. The van der Waals surface area contributed by atoms with Crippen molar-refractivity contribution in [3.8, 4) is 0 Å². The first kappa shape index (κ1) is 12.6. The minimum atomic E-state index is -1.05. The van der Waals surface area contributed by atoms with Gasteiger partial charge in [-0.3, -0.25) is 0 Å². The van der Waals surface area contributed by atoms with Gasteiger partial charge in [-0.15, -0.1) is 0 Å². The van der Waals surface area contributed by atoms with Crippen molar-refractivity contribution < 1.29 is 15.0 Å². The van der Waals surface area contributed by atoms with Crippen molar-refractivity contribution >= 4 is 17.5 Å². The number of carboxylic acids is 1. The fourth-order valence-electron chi connectivity index (χ4n) is 2.16.